The van der Waals surface area contributed by atoms with E-state index < -0.39 is 12.1 Å². The molecule has 2 aliphatic rings. The van der Waals surface area contributed by atoms with Crippen molar-refractivity contribution in [1.82, 2.24) is 4.90 Å². The number of rotatable bonds is 4. The molecule has 0 aromatic carbocycles. The number of carboxylic acid groups (broad SMARTS) is 1. The van der Waals surface area contributed by atoms with Gasteiger partial charge in [-0.05, 0) is 32.6 Å². The minimum atomic E-state index is -1.01. The first-order chi connectivity index (χ1) is 9.56. The quantitative estimate of drug-likeness (QED) is 0.835. The fourth-order valence-corrected chi connectivity index (χ4v) is 2.77. The van der Waals surface area contributed by atoms with Crippen LogP contribution in [0.15, 0.2) is 0 Å². The highest BCUT2D eigenvalue weighted by Crippen LogP contribution is 2.19. The molecule has 0 bridgehead atoms. The van der Waals surface area contributed by atoms with E-state index in [4.69, 9.17) is 14.6 Å². The number of hydrogen-bond donors (Lipinski definition) is 1. The van der Waals surface area contributed by atoms with Gasteiger partial charge in [-0.2, -0.15) is 0 Å². The number of aliphatic carboxylic acids is 1. The van der Waals surface area contributed by atoms with E-state index in [-0.39, 0.29) is 24.7 Å². The maximum Gasteiger partial charge on any atom is 0.334 e. The van der Waals surface area contributed by atoms with Crippen molar-refractivity contribution in [3.8, 4) is 0 Å². The van der Waals surface area contributed by atoms with Gasteiger partial charge in [-0.3, -0.25) is 4.79 Å². The van der Waals surface area contributed by atoms with Crippen LogP contribution in [0.3, 0.4) is 0 Å². The number of carbonyl (C=O) groups excluding carboxylic acids is 1. The van der Waals surface area contributed by atoms with Gasteiger partial charge in [0.15, 0.2) is 6.10 Å². The average molecular weight is 285 g/mol. The zero-order chi connectivity index (χ0) is 14.5. The molecule has 2 unspecified atom stereocenters. The fourth-order valence-electron chi connectivity index (χ4n) is 2.77. The molecular weight excluding hydrogens is 262 g/mol. The molecule has 0 aliphatic carbocycles. The molecule has 6 heteroatoms. The first-order valence-corrected chi connectivity index (χ1v) is 7.34. The Morgan fingerprint density at radius 3 is 2.75 bits per heavy atom. The standard InChI is InChI=1S/C14H23NO5/c1-10-8-15(9-12(20-10)14(17)18)13(16)6-5-11-4-2-3-7-19-11/h10-12H,2-9H2,1H3,(H,17,18)/t10-,11?,12?/m1/s1. The predicted molar refractivity (Wildman–Crippen MR) is 71.4 cm³/mol. The van der Waals surface area contributed by atoms with Crippen molar-refractivity contribution < 1.29 is 24.2 Å². The summed E-state index contributed by atoms with van der Waals surface area (Å²) in [5.41, 5.74) is 0. The SMILES string of the molecule is C[C@@H]1CN(C(=O)CCC2CCCCO2)CC(C(=O)O)O1. The summed E-state index contributed by atoms with van der Waals surface area (Å²) in [5, 5.41) is 9.01. The van der Waals surface area contributed by atoms with Crippen LogP contribution >= 0.6 is 0 Å². The molecule has 0 aromatic rings. The van der Waals surface area contributed by atoms with Crippen molar-refractivity contribution in [1.29, 1.82) is 0 Å². The molecule has 2 rings (SSSR count). The second kappa shape index (κ2) is 7.04. The van der Waals surface area contributed by atoms with E-state index in [1.54, 1.807) is 11.8 Å². The summed E-state index contributed by atoms with van der Waals surface area (Å²) in [6, 6.07) is 0. The molecule has 0 spiro atoms. The Kier molecular flexibility index (Phi) is 5.37. The van der Waals surface area contributed by atoms with Crippen LogP contribution in [0.5, 0.6) is 0 Å². The zero-order valence-corrected chi connectivity index (χ0v) is 11.9. The summed E-state index contributed by atoms with van der Waals surface area (Å²) in [6.07, 6.45) is 3.46. The van der Waals surface area contributed by atoms with Crippen molar-refractivity contribution in [2.24, 2.45) is 0 Å². The van der Waals surface area contributed by atoms with Gasteiger partial charge in [0.05, 0.1) is 18.8 Å². The number of ether oxygens (including phenoxy) is 2. The van der Waals surface area contributed by atoms with Crippen LogP contribution in [0, 0.1) is 0 Å². The van der Waals surface area contributed by atoms with Gasteiger partial charge in [0, 0.05) is 19.6 Å². The maximum absolute atomic E-state index is 12.2. The Bertz CT molecular complexity index is 353. The van der Waals surface area contributed by atoms with E-state index >= 15 is 0 Å². The summed E-state index contributed by atoms with van der Waals surface area (Å²) in [6.45, 7) is 3.19. The number of amides is 1. The highest BCUT2D eigenvalue weighted by molar-refractivity contribution is 5.78. The largest absolute Gasteiger partial charge is 0.479 e. The zero-order valence-electron chi connectivity index (χ0n) is 11.9. The van der Waals surface area contributed by atoms with Crippen LogP contribution in [0.25, 0.3) is 0 Å². The second-order valence-corrected chi connectivity index (χ2v) is 5.60. The number of carboxylic acids is 1. The van der Waals surface area contributed by atoms with Crippen molar-refractivity contribution >= 4 is 11.9 Å². The van der Waals surface area contributed by atoms with E-state index in [0.717, 1.165) is 32.3 Å². The van der Waals surface area contributed by atoms with Gasteiger partial charge in [-0.15, -0.1) is 0 Å². The van der Waals surface area contributed by atoms with Crippen molar-refractivity contribution in [3.63, 3.8) is 0 Å². The summed E-state index contributed by atoms with van der Waals surface area (Å²) in [7, 11) is 0. The summed E-state index contributed by atoms with van der Waals surface area (Å²) in [4.78, 5) is 24.8. The van der Waals surface area contributed by atoms with Crippen molar-refractivity contribution in [2.75, 3.05) is 19.7 Å². The molecule has 2 heterocycles. The molecule has 2 fully saturated rings. The highest BCUT2D eigenvalue weighted by atomic mass is 16.5. The Balaban J connectivity index is 1.80. The van der Waals surface area contributed by atoms with E-state index in [0.29, 0.717) is 13.0 Å². The predicted octanol–water partition coefficient (Wildman–Crippen LogP) is 1.04. The number of nitrogens with zero attached hydrogens (tertiary/aromatic N) is 1. The molecule has 3 atom stereocenters. The third-order valence-electron chi connectivity index (χ3n) is 3.84. The molecule has 1 N–H and O–H groups in total. The van der Waals surface area contributed by atoms with Crippen LogP contribution in [0.2, 0.25) is 0 Å². The molecule has 2 saturated heterocycles. The molecule has 0 saturated carbocycles. The summed E-state index contributed by atoms with van der Waals surface area (Å²) in [5.74, 6) is -1.01. The Morgan fingerprint density at radius 1 is 1.30 bits per heavy atom. The summed E-state index contributed by atoms with van der Waals surface area (Å²) < 4.78 is 10.9. The number of carbonyl (C=O) groups is 2. The first-order valence-electron chi connectivity index (χ1n) is 7.34. The molecule has 6 nitrogen and oxygen atoms in total. The second-order valence-electron chi connectivity index (χ2n) is 5.60. The van der Waals surface area contributed by atoms with Gasteiger partial charge in [-0.1, -0.05) is 0 Å². The fraction of sp³-hybridized carbons (Fsp3) is 0.857. The molecule has 114 valence electrons. The van der Waals surface area contributed by atoms with E-state index in [2.05, 4.69) is 0 Å². The Labute approximate surface area is 119 Å². The lowest BCUT2D eigenvalue weighted by molar-refractivity contribution is -0.166. The van der Waals surface area contributed by atoms with Gasteiger partial charge in [0.2, 0.25) is 5.91 Å². The highest BCUT2D eigenvalue weighted by Gasteiger charge is 2.32. The minimum absolute atomic E-state index is 0.000531. The third kappa shape index (κ3) is 4.18. The Hall–Kier alpha value is -1.14. The van der Waals surface area contributed by atoms with E-state index in [9.17, 15) is 9.59 Å². The minimum Gasteiger partial charge on any atom is -0.479 e. The average Bonchev–Trinajstić information content (AvgIpc) is 2.45. The van der Waals surface area contributed by atoms with Crippen molar-refractivity contribution in [3.05, 3.63) is 0 Å². The first kappa shape index (κ1) is 15.3. The van der Waals surface area contributed by atoms with E-state index in [1.807, 2.05) is 0 Å². The van der Waals surface area contributed by atoms with Crippen LogP contribution in [-0.4, -0.2) is 59.9 Å². The molecule has 20 heavy (non-hydrogen) atoms. The van der Waals surface area contributed by atoms with Gasteiger partial charge < -0.3 is 19.5 Å². The van der Waals surface area contributed by atoms with Crippen LogP contribution < -0.4 is 0 Å². The lowest BCUT2D eigenvalue weighted by atomic mass is 10.0. The van der Waals surface area contributed by atoms with Crippen LogP contribution in [-0.2, 0) is 19.1 Å². The van der Waals surface area contributed by atoms with Gasteiger partial charge >= 0.3 is 5.97 Å². The maximum atomic E-state index is 12.2. The topological polar surface area (TPSA) is 76.1 Å². The number of hydrogen-bond acceptors (Lipinski definition) is 4. The van der Waals surface area contributed by atoms with Crippen molar-refractivity contribution in [2.45, 2.75) is 57.3 Å². The number of morpholine rings is 1. The Morgan fingerprint density at radius 2 is 2.10 bits per heavy atom. The lowest BCUT2D eigenvalue weighted by Gasteiger charge is -2.35. The molecule has 1 amide bonds. The monoisotopic (exact) mass is 285 g/mol. The van der Waals surface area contributed by atoms with Gasteiger partial charge in [0.1, 0.15) is 0 Å². The normalized spacial score (nSPS) is 31.1. The third-order valence-corrected chi connectivity index (χ3v) is 3.84. The molecule has 0 aromatic heterocycles. The smallest absolute Gasteiger partial charge is 0.334 e. The van der Waals surface area contributed by atoms with Gasteiger partial charge in [0.25, 0.3) is 0 Å². The van der Waals surface area contributed by atoms with Crippen LogP contribution in [0.4, 0.5) is 0 Å². The van der Waals surface area contributed by atoms with Crippen LogP contribution in [0.1, 0.15) is 39.0 Å². The molecule has 0 radical (unpaired) electrons. The van der Waals surface area contributed by atoms with Gasteiger partial charge in [-0.25, -0.2) is 4.79 Å². The lowest BCUT2D eigenvalue weighted by Crippen LogP contribution is -2.51. The summed E-state index contributed by atoms with van der Waals surface area (Å²) >= 11 is 0. The molecular formula is C14H23NO5. The molecule has 2 aliphatic heterocycles. The van der Waals surface area contributed by atoms with E-state index in [1.165, 1.54) is 0 Å².